The minimum Gasteiger partial charge on any atom is -0.635 e. The molecule has 8 aromatic carbocycles. The van der Waals surface area contributed by atoms with E-state index in [4.69, 9.17) is 92.6 Å². The molecule has 0 spiro atoms. The van der Waals surface area contributed by atoms with Crippen molar-refractivity contribution in [3.63, 3.8) is 0 Å². The number of carbonyl (C=O) groups excluding carboxylic acids is 5. The molecule has 4 saturated heterocycles. The standard InChI is InChI=1S/C17H15Cl2NO2.C15H20N4O4.C15H22N4O2.C12H20N4O.C7H7FN2O3.C7H6FNO3.C7H8FNO.C5H12N2.C3H3ClO.Fe.K.HNO3/c1-20(2)17(22)16(21)14-6-4-3-5-11(14)9-12-10-13(18)7-8-15(12)19;1-4-15(20)16-11-9-13(19(21)22)14(23-3)10-12(11)18-7-5-17(2)6-8-18;1-4-15(20)17-12-9-11(16)14(21-3)10-13(12)19-7-5-18(2)6-8-19;1-15-3-5-16(6-4-15)11-8-12(17-2)10(14)7-9(11)13;1-13-7-2-4(8)5(9)3-6(7)10(11)12;1-12-5-2-3-7(9(10)11)6(8)4-5;1-10-5-2-3-7(9)6(8)4-5;1-7-4-2-6-3-5-7;1-2-3(4)5;;;2-1-4-3/h3-8,10H,9H2,1-2H3;4,9-10H,1,5-8H2,2-3H3,(H,16,20);4,9-10H,1,5-8,16H2,2-3H3,(H,17,20);7-8H,3-6,13-14H2,1-2H3;2-3H,9H2,1H3;2-4H,1H3;2-4H,9H2,1H3;6H,2-5H2,1H3;2H,1H2;;;3H/q;;;;;;;;;;+1;/p-1. The number of hydrogen-bond acceptors (Lipinski definition) is 34. The molecule has 4 aliphatic heterocycles. The summed E-state index contributed by atoms with van der Waals surface area (Å²) in [6.45, 7) is 25.7. The molecule has 13 N–H and O–H groups in total. The molecule has 0 aromatic heterocycles. The van der Waals surface area contributed by atoms with E-state index in [0.717, 1.165) is 151 Å². The van der Waals surface area contributed by atoms with Gasteiger partial charge in [0.05, 0.1) is 114 Å². The Bertz CT molecular complexity index is 5280. The van der Waals surface area contributed by atoms with Crippen molar-refractivity contribution in [1.29, 1.82) is 0 Å². The number of rotatable bonds is 22. The Morgan fingerprint density at radius 1 is 0.485 bits per heavy atom. The molecule has 0 atom stereocenters. The molecule has 736 valence electrons. The summed E-state index contributed by atoms with van der Waals surface area (Å²) in [6.07, 6.45) is 3.85. The first-order chi connectivity index (χ1) is 63.5. The van der Waals surface area contributed by atoms with Crippen molar-refractivity contribution in [2.45, 2.75) is 6.42 Å². The van der Waals surface area contributed by atoms with E-state index in [1.807, 2.05) is 31.3 Å². The van der Waals surface area contributed by atoms with E-state index in [0.29, 0.717) is 73.4 Å². The fourth-order valence-electron chi connectivity index (χ4n) is 12.1. The fourth-order valence-corrected chi connectivity index (χ4v) is 12.4. The third-order valence-electron chi connectivity index (χ3n) is 19.5. The summed E-state index contributed by atoms with van der Waals surface area (Å²) in [5, 5.41) is 50.9. The summed E-state index contributed by atoms with van der Waals surface area (Å²) in [5.41, 5.74) is 34.4. The molecular weight excluding hydrogens is 1920 g/mol. The summed E-state index contributed by atoms with van der Waals surface area (Å²) < 4.78 is 67.8. The number of ether oxygens (including phenoxy) is 6. The van der Waals surface area contributed by atoms with Crippen LogP contribution in [0.2, 0.25) is 10.0 Å². The Morgan fingerprint density at radius 3 is 1.29 bits per heavy atom. The second-order valence-electron chi connectivity index (χ2n) is 28.9. The number of nitro groups is 3. The average Bonchev–Trinajstić information content (AvgIpc) is 0.797. The van der Waals surface area contributed by atoms with Crippen LogP contribution < -0.4 is 144 Å². The summed E-state index contributed by atoms with van der Waals surface area (Å²) in [6, 6.07) is 31.9. The monoisotopic (exact) mass is 2030 g/mol. The number of methoxy groups -OCH3 is 6. The van der Waals surface area contributed by atoms with Gasteiger partial charge in [0.1, 0.15) is 40.0 Å². The molecule has 4 aliphatic rings. The molecule has 0 unspecified atom stereocenters. The number of Topliss-reactive ketones (excluding diaryl/α,β-unsaturated/α-hetero) is 1. The van der Waals surface area contributed by atoms with Crippen LogP contribution in [0.4, 0.5) is 87.1 Å². The number of nitrogens with zero attached hydrogens (tertiary/aromatic N) is 12. The van der Waals surface area contributed by atoms with Crippen LogP contribution in [-0.2, 0) is 47.7 Å². The van der Waals surface area contributed by atoms with Gasteiger partial charge in [0.15, 0.2) is 11.5 Å². The number of carbonyl (C=O) groups is 5. The van der Waals surface area contributed by atoms with Gasteiger partial charge in [0, 0.05) is 206 Å². The van der Waals surface area contributed by atoms with Crippen LogP contribution in [-0.4, -0.2) is 258 Å². The molecule has 4 heterocycles. The molecule has 12 rings (SSSR count). The molecule has 4 fully saturated rings. The predicted molar refractivity (Wildman–Crippen MR) is 514 cm³/mol. The van der Waals surface area contributed by atoms with Crippen molar-refractivity contribution in [3.8, 4) is 34.5 Å². The number of likely N-dealkylation sites (N-methyl/N-ethyl adjacent to an activating group) is 5. The van der Waals surface area contributed by atoms with Crippen LogP contribution in [0.1, 0.15) is 21.5 Å². The van der Waals surface area contributed by atoms with E-state index in [1.165, 1.54) is 82.1 Å². The Labute approximate surface area is 854 Å². The Kier molecular flexibility index (Phi) is 57.6. The van der Waals surface area contributed by atoms with E-state index >= 15 is 0 Å². The third-order valence-corrected chi connectivity index (χ3v) is 20.2. The van der Waals surface area contributed by atoms with Crippen LogP contribution in [0.3, 0.4) is 0 Å². The molecule has 0 radical (unpaired) electrons. The van der Waals surface area contributed by atoms with Crippen molar-refractivity contribution in [1.82, 2.24) is 29.8 Å². The summed E-state index contributed by atoms with van der Waals surface area (Å²) in [4.78, 5) is 114. The molecular formula is C88H113Cl3F3FeKN20O20. The van der Waals surface area contributed by atoms with Crippen LogP contribution in [0.5, 0.6) is 34.5 Å². The molecule has 0 bridgehead atoms. The Hall–Kier alpha value is -11.9. The van der Waals surface area contributed by atoms with Gasteiger partial charge in [-0.05, 0) is 124 Å². The minimum atomic E-state index is -0.889. The number of halogens is 6. The van der Waals surface area contributed by atoms with E-state index in [2.05, 4.69) is 106 Å². The van der Waals surface area contributed by atoms with Crippen LogP contribution in [0, 0.1) is 52.7 Å². The number of benzene rings is 8. The SMILES string of the molecule is C=CC(=O)Cl.C=CC(=O)Nc1cc(N)c(OC)cc1N1CCN(C)CC1.C=CC(=O)Nc1cc([N+](=O)[O-])c(OC)cc1N1CCN(C)CC1.CN(C)C(=O)C(=O)c1ccccc1Cc1cc(Cl)ccc1Cl.CN1CCNCC1.COc1cc(F)c(N)cc1[N+](=O)[O-].COc1cc(N2CCN(C)CC2)c(N)cc1N.COc1ccc(N)c(F)c1.COc1ccc([N+](=O)[O-])c(F)c1.O=NO[O-].[Fe].[K+]. The van der Waals surface area contributed by atoms with Gasteiger partial charge in [-0.1, -0.05) is 67.2 Å². The van der Waals surface area contributed by atoms with Crippen LogP contribution in [0.15, 0.2) is 171 Å². The number of nitro benzene ring substituents is 3. The molecule has 48 heteroatoms. The zero-order valence-corrected chi connectivity index (χ0v) is 84.0. The first-order valence-corrected chi connectivity index (χ1v) is 41.4. The number of nitrogens with one attached hydrogen (secondary N) is 3. The first kappa shape index (κ1) is 122. The Balaban J connectivity index is 0.000000779. The molecule has 136 heavy (non-hydrogen) atoms. The second kappa shape index (κ2) is 64.2. The van der Waals surface area contributed by atoms with Gasteiger partial charge < -0.3 is 122 Å². The Morgan fingerprint density at radius 2 is 0.882 bits per heavy atom. The van der Waals surface area contributed by atoms with Gasteiger partial charge in [-0.2, -0.15) is 4.39 Å². The van der Waals surface area contributed by atoms with Crippen molar-refractivity contribution in [2.75, 3.05) is 244 Å². The van der Waals surface area contributed by atoms with Gasteiger partial charge in [-0.3, -0.25) is 54.3 Å². The van der Waals surface area contributed by atoms with Crippen molar-refractivity contribution in [2.24, 2.45) is 5.34 Å². The van der Waals surface area contributed by atoms with Gasteiger partial charge in [0.25, 0.3) is 11.7 Å². The number of allylic oxidation sites excluding steroid dienone is 1. The van der Waals surface area contributed by atoms with Gasteiger partial charge in [0.2, 0.25) is 22.9 Å². The molecule has 40 nitrogen and oxygen atoms in total. The maximum absolute atomic E-state index is 12.8. The van der Waals surface area contributed by atoms with Crippen molar-refractivity contribution < 1.29 is 159 Å². The fraction of sp³-hybridized carbons (Fsp3) is 0.330. The normalized spacial score (nSPS) is 12.9. The number of amides is 3. The topological polar surface area (TPSA) is 524 Å². The van der Waals surface area contributed by atoms with Gasteiger partial charge >= 0.3 is 68.4 Å². The molecule has 0 aliphatic carbocycles. The average molecular weight is 2030 g/mol. The molecule has 0 saturated carbocycles. The molecule has 3 amide bonds. The third kappa shape index (κ3) is 41.8. The number of ketones is 1. The second-order valence-corrected chi connectivity index (χ2v) is 30.1. The number of nitrogens with two attached hydrogens (primary N) is 5. The first-order valence-electron chi connectivity index (χ1n) is 40.2. The molecule has 8 aromatic rings. The summed E-state index contributed by atoms with van der Waals surface area (Å²) in [5.74, 6) is -1.75. The van der Waals surface area contributed by atoms with Gasteiger partial charge in [-0.15, -0.1) is 4.91 Å². The van der Waals surface area contributed by atoms with E-state index in [1.54, 1.807) is 82.9 Å². The van der Waals surface area contributed by atoms with E-state index in [9.17, 15) is 67.5 Å². The number of nitrogen functional groups attached to an aromatic ring is 5. The minimum absolute atomic E-state index is 0. The maximum Gasteiger partial charge on any atom is 1.00 e. The van der Waals surface area contributed by atoms with E-state index < -0.39 is 60.7 Å². The smallest absolute Gasteiger partial charge is 0.635 e. The zero-order valence-electron chi connectivity index (χ0n) is 77.5. The zero-order chi connectivity index (χ0) is 101. The number of anilines is 10. The predicted octanol–water partition coefficient (Wildman–Crippen LogP) is 8.00. The number of piperazine rings is 4. The quantitative estimate of drug-likeness (QED) is 0.00304. The van der Waals surface area contributed by atoms with Gasteiger partial charge in [-0.25, -0.2) is 8.78 Å². The summed E-state index contributed by atoms with van der Waals surface area (Å²) in [7, 11) is 20.2. The maximum atomic E-state index is 12.8. The van der Waals surface area contributed by atoms with Crippen LogP contribution >= 0.6 is 34.8 Å². The van der Waals surface area contributed by atoms with Crippen LogP contribution in [0.25, 0.3) is 0 Å². The van der Waals surface area contributed by atoms with Crippen molar-refractivity contribution >= 4 is 137 Å². The number of hydrogen-bond donors (Lipinski definition) is 8. The van der Waals surface area contributed by atoms with Crippen molar-refractivity contribution in [3.05, 3.63) is 245 Å². The summed E-state index contributed by atoms with van der Waals surface area (Å²) >= 11 is 16.9. The largest absolute Gasteiger partial charge is 1.00 e. The van der Waals surface area contributed by atoms with E-state index in [-0.39, 0.29) is 114 Å².